The van der Waals surface area contributed by atoms with E-state index in [0.29, 0.717) is 26.0 Å². The Morgan fingerprint density at radius 3 is 2.59 bits per heavy atom. The molecule has 0 spiro atoms. The standard InChI is InChI=1S/C16H27NO5/c1-15(2,3)22-14(19)17-9-6-8-16(17,13(18)20-4)11-12-7-5-10-21-12/h12H,5-11H2,1-4H3. The van der Waals surface area contributed by atoms with Gasteiger partial charge >= 0.3 is 12.1 Å². The summed E-state index contributed by atoms with van der Waals surface area (Å²) >= 11 is 0. The predicted molar refractivity (Wildman–Crippen MR) is 80.5 cm³/mol. The molecule has 126 valence electrons. The number of carbonyl (C=O) groups excluding carboxylic acids is 2. The second kappa shape index (κ2) is 6.44. The number of methoxy groups -OCH3 is 1. The van der Waals surface area contributed by atoms with Gasteiger partial charge in [-0.15, -0.1) is 0 Å². The molecular weight excluding hydrogens is 286 g/mol. The Labute approximate surface area is 132 Å². The van der Waals surface area contributed by atoms with Crippen LogP contribution in [0.1, 0.15) is 52.9 Å². The van der Waals surface area contributed by atoms with Crippen molar-refractivity contribution in [1.82, 2.24) is 4.90 Å². The molecule has 2 saturated heterocycles. The third-order valence-corrected chi connectivity index (χ3v) is 4.26. The molecule has 0 N–H and O–H groups in total. The molecule has 2 rings (SSSR count). The summed E-state index contributed by atoms with van der Waals surface area (Å²) in [5.41, 5.74) is -1.54. The van der Waals surface area contributed by atoms with Crippen molar-refractivity contribution in [1.29, 1.82) is 0 Å². The molecule has 22 heavy (non-hydrogen) atoms. The molecule has 0 aromatic carbocycles. The highest BCUT2D eigenvalue weighted by Crippen LogP contribution is 2.38. The number of rotatable bonds is 3. The van der Waals surface area contributed by atoms with Gasteiger partial charge in [0.25, 0.3) is 0 Å². The third-order valence-electron chi connectivity index (χ3n) is 4.26. The Morgan fingerprint density at radius 1 is 1.32 bits per heavy atom. The zero-order valence-electron chi connectivity index (χ0n) is 14.0. The number of amides is 1. The first-order chi connectivity index (χ1) is 10.3. The minimum absolute atomic E-state index is 0.00198. The van der Waals surface area contributed by atoms with E-state index in [2.05, 4.69) is 0 Å². The molecule has 2 unspecified atom stereocenters. The SMILES string of the molecule is COC(=O)C1(CC2CCCO2)CCCN1C(=O)OC(C)(C)C. The highest BCUT2D eigenvalue weighted by molar-refractivity contribution is 5.86. The van der Waals surface area contributed by atoms with E-state index in [1.165, 1.54) is 7.11 Å². The fourth-order valence-electron chi connectivity index (χ4n) is 3.34. The summed E-state index contributed by atoms with van der Waals surface area (Å²) in [5, 5.41) is 0. The monoisotopic (exact) mass is 313 g/mol. The van der Waals surface area contributed by atoms with Crippen molar-refractivity contribution in [3.63, 3.8) is 0 Å². The second-order valence-electron chi connectivity index (χ2n) is 7.10. The van der Waals surface area contributed by atoms with E-state index < -0.39 is 17.2 Å². The molecule has 0 aromatic rings. The van der Waals surface area contributed by atoms with Gasteiger partial charge in [-0.25, -0.2) is 9.59 Å². The minimum Gasteiger partial charge on any atom is -0.467 e. The summed E-state index contributed by atoms with van der Waals surface area (Å²) in [6.07, 6.45) is 3.31. The van der Waals surface area contributed by atoms with Gasteiger partial charge in [-0.3, -0.25) is 4.90 Å². The molecule has 2 aliphatic heterocycles. The summed E-state index contributed by atoms with van der Waals surface area (Å²) in [7, 11) is 1.37. The minimum atomic E-state index is -0.952. The lowest BCUT2D eigenvalue weighted by Crippen LogP contribution is -2.56. The maximum Gasteiger partial charge on any atom is 0.411 e. The Kier molecular flexibility index (Phi) is 5.00. The smallest absolute Gasteiger partial charge is 0.411 e. The molecule has 0 saturated carbocycles. The molecule has 0 aliphatic carbocycles. The molecule has 2 atom stereocenters. The van der Waals surface area contributed by atoms with Crippen molar-refractivity contribution in [2.75, 3.05) is 20.3 Å². The Morgan fingerprint density at radius 2 is 2.05 bits per heavy atom. The summed E-state index contributed by atoms with van der Waals surface area (Å²) in [6.45, 7) is 6.69. The summed E-state index contributed by atoms with van der Waals surface area (Å²) in [4.78, 5) is 26.6. The van der Waals surface area contributed by atoms with E-state index in [-0.39, 0.29) is 12.1 Å². The van der Waals surface area contributed by atoms with Crippen LogP contribution in [0.25, 0.3) is 0 Å². The van der Waals surface area contributed by atoms with Crippen molar-refractivity contribution in [2.45, 2.75) is 70.1 Å². The quantitative estimate of drug-likeness (QED) is 0.749. The van der Waals surface area contributed by atoms with Crippen LogP contribution in [0, 0.1) is 0 Å². The third kappa shape index (κ3) is 3.54. The molecule has 2 fully saturated rings. The highest BCUT2D eigenvalue weighted by atomic mass is 16.6. The van der Waals surface area contributed by atoms with Crippen LogP contribution in [0.4, 0.5) is 4.79 Å². The Hall–Kier alpha value is -1.30. The first kappa shape index (κ1) is 17.1. The van der Waals surface area contributed by atoms with Gasteiger partial charge < -0.3 is 14.2 Å². The van der Waals surface area contributed by atoms with E-state index in [4.69, 9.17) is 14.2 Å². The number of hydrogen-bond donors (Lipinski definition) is 0. The van der Waals surface area contributed by atoms with Crippen molar-refractivity contribution in [3.8, 4) is 0 Å². The molecule has 6 nitrogen and oxygen atoms in total. The van der Waals surface area contributed by atoms with Gasteiger partial charge in [0.15, 0.2) is 0 Å². The molecule has 0 bridgehead atoms. The average molecular weight is 313 g/mol. The van der Waals surface area contributed by atoms with Gasteiger partial charge in [0.2, 0.25) is 0 Å². The lowest BCUT2D eigenvalue weighted by atomic mass is 9.88. The summed E-state index contributed by atoms with van der Waals surface area (Å²) in [6, 6.07) is 0. The molecule has 2 aliphatic rings. The van der Waals surface area contributed by atoms with Crippen LogP contribution >= 0.6 is 0 Å². The maximum absolute atomic E-state index is 12.5. The van der Waals surface area contributed by atoms with E-state index in [0.717, 1.165) is 19.3 Å². The number of nitrogens with zero attached hydrogens (tertiary/aromatic N) is 1. The number of carbonyl (C=O) groups is 2. The topological polar surface area (TPSA) is 65.1 Å². The Bertz CT molecular complexity index is 425. The van der Waals surface area contributed by atoms with Crippen LogP contribution in [0.5, 0.6) is 0 Å². The lowest BCUT2D eigenvalue weighted by Gasteiger charge is -2.38. The molecule has 1 amide bonds. The van der Waals surface area contributed by atoms with Gasteiger partial charge in [0, 0.05) is 19.6 Å². The van der Waals surface area contributed by atoms with E-state index in [1.54, 1.807) is 4.90 Å². The normalized spacial score (nSPS) is 28.7. The zero-order chi connectivity index (χ0) is 16.4. The lowest BCUT2D eigenvalue weighted by molar-refractivity contribution is -0.155. The van der Waals surface area contributed by atoms with Crippen LogP contribution in [0.15, 0.2) is 0 Å². The molecule has 6 heteroatoms. The number of ether oxygens (including phenoxy) is 3. The van der Waals surface area contributed by atoms with Crippen molar-refractivity contribution in [3.05, 3.63) is 0 Å². The molecular formula is C16H27NO5. The van der Waals surface area contributed by atoms with Gasteiger partial charge in [-0.2, -0.15) is 0 Å². The van der Waals surface area contributed by atoms with Crippen LogP contribution in [0.2, 0.25) is 0 Å². The first-order valence-corrected chi connectivity index (χ1v) is 7.99. The predicted octanol–water partition coefficient (Wildman–Crippen LogP) is 2.50. The van der Waals surface area contributed by atoms with Crippen LogP contribution in [-0.2, 0) is 19.0 Å². The van der Waals surface area contributed by atoms with Gasteiger partial charge in [0.1, 0.15) is 11.1 Å². The fourth-order valence-corrected chi connectivity index (χ4v) is 3.34. The van der Waals surface area contributed by atoms with Crippen molar-refractivity contribution in [2.24, 2.45) is 0 Å². The number of likely N-dealkylation sites (tertiary alicyclic amines) is 1. The Balaban J connectivity index is 2.21. The molecule has 2 heterocycles. The zero-order valence-corrected chi connectivity index (χ0v) is 14.0. The fraction of sp³-hybridized carbons (Fsp3) is 0.875. The van der Waals surface area contributed by atoms with Crippen LogP contribution in [-0.4, -0.2) is 54.5 Å². The first-order valence-electron chi connectivity index (χ1n) is 7.99. The van der Waals surface area contributed by atoms with Crippen molar-refractivity contribution < 1.29 is 23.8 Å². The van der Waals surface area contributed by atoms with Crippen molar-refractivity contribution >= 4 is 12.1 Å². The van der Waals surface area contributed by atoms with Gasteiger partial charge in [0.05, 0.1) is 13.2 Å². The number of esters is 1. The molecule has 0 radical (unpaired) electrons. The van der Waals surface area contributed by atoms with E-state index in [1.807, 2.05) is 20.8 Å². The van der Waals surface area contributed by atoms with Crippen LogP contribution < -0.4 is 0 Å². The maximum atomic E-state index is 12.5. The van der Waals surface area contributed by atoms with E-state index >= 15 is 0 Å². The van der Waals surface area contributed by atoms with Gasteiger partial charge in [-0.05, 0) is 46.5 Å². The summed E-state index contributed by atoms with van der Waals surface area (Å²) < 4.78 is 16.2. The van der Waals surface area contributed by atoms with E-state index in [9.17, 15) is 9.59 Å². The average Bonchev–Trinajstić information content (AvgIpc) is 3.06. The number of hydrogen-bond acceptors (Lipinski definition) is 5. The van der Waals surface area contributed by atoms with Crippen LogP contribution in [0.3, 0.4) is 0 Å². The second-order valence-corrected chi connectivity index (χ2v) is 7.10. The molecule has 0 aromatic heterocycles. The largest absolute Gasteiger partial charge is 0.467 e. The summed E-state index contributed by atoms with van der Waals surface area (Å²) in [5.74, 6) is -0.369. The van der Waals surface area contributed by atoms with Gasteiger partial charge in [-0.1, -0.05) is 0 Å². The highest BCUT2D eigenvalue weighted by Gasteiger charge is 2.53.